The van der Waals surface area contributed by atoms with Gasteiger partial charge in [-0.3, -0.25) is 9.59 Å². The summed E-state index contributed by atoms with van der Waals surface area (Å²) in [6.45, 7) is 0. The lowest BCUT2D eigenvalue weighted by atomic mass is 9.85. The standard InChI is InChI=1S/C17H20O3/c18-16(14-6-3-7-15(14)17(19)20)13-9-8-11-4-1-2-5-12(11)10-13/h8-10,14-15H,1-7H2,(H,19,20). The Hall–Kier alpha value is -1.64. The number of benzene rings is 1. The Labute approximate surface area is 119 Å². The van der Waals surface area contributed by atoms with Gasteiger partial charge < -0.3 is 5.11 Å². The van der Waals surface area contributed by atoms with E-state index >= 15 is 0 Å². The van der Waals surface area contributed by atoms with E-state index < -0.39 is 11.9 Å². The highest BCUT2D eigenvalue weighted by atomic mass is 16.4. The van der Waals surface area contributed by atoms with E-state index in [0.717, 1.165) is 19.3 Å². The maximum Gasteiger partial charge on any atom is 0.307 e. The third kappa shape index (κ3) is 2.37. The minimum Gasteiger partial charge on any atom is -0.481 e. The van der Waals surface area contributed by atoms with Crippen molar-refractivity contribution in [2.24, 2.45) is 11.8 Å². The maximum atomic E-state index is 12.6. The van der Waals surface area contributed by atoms with Gasteiger partial charge in [-0.25, -0.2) is 0 Å². The molecule has 0 aliphatic heterocycles. The molecule has 1 saturated carbocycles. The molecule has 2 atom stereocenters. The normalized spacial score (nSPS) is 25.2. The summed E-state index contributed by atoms with van der Waals surface area (Å²) in [5.41, 5.74) is 3.35. The molecule has 0 bridgehead atoms. The second-order valence-corrected chi connectivity index (χ2v) is 6.04. The van der Waals surface area contributed by atoms with E-state index in [4.69, 9.17) is 0 Å². The molecule has 0 aromatic heterocycles. The van der Waals surface area contributed by atoms with E-state index in [9.17, 15) is 14.7 Å². The zero-order valence-corrected chi connectivity index (χ0v) is 11.6. The topological polar surface area (TPSA) is 54.4 Å². The van der Waals surface area contributed by atoms with Crippen molar-refractivity contribution in [3.05, 3.63) is 34.9 Å². The van der Waals surface area contributed by atoms with Gasteiger partial charge in [0.15, 0.2) is 5.78 Å². The van der Waals surface area contributed by atoms with Gasteiger partial charge in [0, 0.05) is 11.5 Å². The van der Waals surface area contributed by atoms with Gasteiger partial charge in [-0.1, -0.05) is 18.6 Å². The van der Waals surface area contributed by atoms with E-state index in [1.807, 2.05) is 12.1 Å². The lowest BCUT2D eigenvalue weighted by Gasteiger charge is -2.18. The second kappa shape index (κ2) is 5.39. The first-order valence-corrected chi connectivity index (χ1v) is 7.55. The zero-order chi connectivity index (χ0) is 14.1. The number of carboxylic acid groups (broad SMARTS) is 1. The molecule has 3 nitrogen and oxygen atoms in total. The molecule has 0 heterocycles. The van der Waals surface area contributed by atoms with Crippen LogP contribution in [0.3, 0.4) is 0 Å². The van der Waals surface area contributed by atoms with Gasteiger partial charge in [-0.15, -0.1) is 0 Å². The van der Waals surface area contributed by atoms with Crippen molar-refractivity contribution in [1.29, 1.82) is 0 Å². The van der Waals surface area contributed by atoms with Crippen molar-refractivity contribution in [3.63, 3.8) is 0 Å². The highest BCUT2D eigenvalue weighted by molar-refractivity contribution is 6.00. The van der Waals surface area contributed by atoms with Crippen molar-refractivity contribution in [2.45, 2.75) is 44.9 Å². The highest BCUT2D eigenvalue weighted by Crippen LogP contribution is 2.35. The molecule has 2 aliphatic carbocycles. The molecule has 1 fully saturated rings. The maximum absolute atomic E-state index is 12.6. The third-order valence-electron chi connectivity index (χ3n) is 4.80. The largest absolute Gasteiger partial charge is 0.481 e. The SMILES string of the molecule is O=C(O)C1CCCC1C(=O)c1ccc2c(c1)CCCC2. The lowest BCUT2D eigenvalue weighted by Crippen LogP contribution is -2.25. The summed E-state index contributed by atoms with van der Waals surface area (Å²) in [4.78, 5) is 23.8. The van der Waals surface area contributed by atoms with Crippen LogP contribution in [0.15, 0.2) is 18.2 Å². The van der Waals surface area contributed by atoms with Gasteiger partial charge in [0.2, 0.25) is 0 Å². The number of carbonyl (C=O) groups excluding carboxylic acids is 1. The van der Waals surface area contributed by atoms with E-state index in [1.54, 1.807) is 0 Å². The molecular formula is C17H20O3. The summed E-state index contributed by atoms with van der Waals surface area (Å²) in [6.07, 6.45) is 6.76. The van der Waals surface area contributed by atoms with Crippen molar-refractivity contribution >= 4 is 11.8 Å². The molecule has 0 spiro atoms. The van der Waals surface area contributed by atoms with Crippen LogP contribution >= 0.6 is 0 Å². The van der Waals surface area contributed by atoms with Crippen molar-refractivity contribution in [2.75, 3.05) is 0 Å². The fraction of sp³-hybridized carbons (Fsp3) is 0.529. The van der Waals surface area contributed by atoms with E-state index in [-0.39, 0.29) is 11.7 Å². The van der Waals surface area contributed by atoms with Crippen LogP contribution in [0.4, 0.5) is 0 Å². The number of aliphatic carboxylic acids is 1. The number of aryl methyl sites for hydroxylation is 2. The summed E-state index contributed by atoms with van der Waals surface area (Å²) >= 11 is 0. The molecule has 2 aliphatic rings. The lowest BCUT2D eigenvalue weighted by molar-refractivity contribution is -0.142. The van der Waals surface area contributed by atoms with E-state index in [2.05, 4.69) is 6.07 Å². The molecule has 1 aromatic rings. The van der Waals surface area contributed by atoms with Gasteiger partial charge in [-0.2, -0.15) is 0 Å². The number of Topliss-reactive ketones (excluding diaryl/α,β-unsaturated/α-hetero) is 1. The summed E-state index contributed by atoms with van der Waals surface area (Å²) in [5, 5.41) is 9.22. The summed E-state index contributed by atoms with van der Waals surface area (Å²) < 4.78 is 0. The Kier molecular flexibility index (Phi) is 3.60. The zero-order valence-electron chi connectivity index (χ0n) is 11.6. The number of rotatable bonds is 3. The fourth-order valence-corrected chi connectivity index (χ4v) is 3.67. The molecule has 1 aromatic carbocycles. The van der Waals surface area contributed by atoms with Crippen LogP contribution in [-0.4, -0.2) is 16.9 Å². The number of carbonyl (C=O) groups is 2. The molecule has 20 heavy (non-hydrogen) atoms. The average molecular weight is 272 g/mol. The highest BCUT2D eigenvalue weighted by Gasteiger charge is 2.38. The predicted octanol–water partition coefficient (Wildman–Crippen LogP) is 3.25. The summed E-state index contributed by atoms with van der Waals surface area (Å²) in [7, 11) is 0. The molecule has 0 saturated heterocycles. The van der Waals surface area contributed by atoms with Crippen LogP contribution in [-0.2, 0) is 17.6 Å². The van der Waals surface area contributed by atoms with Gasteiger partial charge in [0.05, 0.1) is 5.92 Å². The van der Waals surface area contributed by atoms with Crippen LogP contribution in [0, 0.1) is 11.8 Å². The summed E-state index contributed by atoms with van der Waals surface area (Å²) in [5.74, 6) is -1.60. The minimum atomic E-state index is -0.821. The quantitative estimate of drug-likeness (QED) is 0.859. The molecule has 106 valence electrons. The number of carboxylic acids is 1. The van der Waals surface area contributed by atoms with Gasteiger partial charge >= 0.3 is 5.97 Å². The van der Waals surface area contributed by atoms with E-state index in [0.29, 0.717) is 18.4 Å². The van der Waals surface area contributed by atoms with Gasteiger partial charge in [0.1, 0.15) is 0 Å². The van der Waals surface area contributed by atoms with Crippen LogP contribution in [0.1, 0.15) is 53.6 Å². The Morgan fingerprint density at radius 1 is 0.950 bits per heavy atom. The average Bonchev–Trinajstić information content (AvgIpc) is 2.95. The number of ketones is 1. The van der Waals surface area contributed by atoms with Crippen molar-refractivity contribution in [1.82, 2.24) is 0 Å². The molecule has 0 amide bonds. The molecule has 2 unspecified atom stereocenters. The van der Waals surface area contributed by atoms with Gasteiger partial charge in [-0.05, 0) is 55.7 Å². The predicted molar refractivity (Wildman–Crippen MR) is 75.9 cm³/mol. The van der Waals surface area contributed by atoms with E-state index in [1.165, 1.54) is 24.0 Å². The Morgan fingerprint density at radius 3 is 2.40 bits per heavy atom. The first kappa shape index (κ1) is 13.3. The molecular weight excluding hydrogens is 252 g/mol. The van der Waals surface area contributed by atoms with Crippen molar-refractivity contribution < 1.29 is 14.7 Å². The minimum absolute atomic E-state index is 0.0308. The van der Waals surface area contributed by atoms with Crippen molar-refractivity contribution in [3.8, 4) is 0 Å². The first-order valence-electron chi connectivity index (χ1n) is 7.55. The number of fused-ring (bicyclic) bond motifs is 1. The Balaban J connectivity index is 1.85. The van der Waals surface area contributed by atoms with Crippen LogP contribution in [0.5, 0.6) is 0 Å². The molecule has 3 rings (SSSR count). The Morgan fingerprint density at radius 2 is 1.65 bits per heavy atom. The number of hydrogen-bond acceptors (Lipinski definition) is 2. The molecule has 0 radical (unpaired) electrons. The molecule has 1 N–H and O–H groups in total. The fourth-order valence-electron chi connectivity index (χ4n) is 3.67. The first-order chi connectivity index (χ1) is 9.66. The monoisotopic (exact) mass is 272 g/mol. The third-order valence-corrected chi connectivity index (χ3v) is 4.80. The molecule has 3 heteroatoms. The van der Waals surface area contributed by atoms with Gasteiger partial charge in [0.25, 0.3) is 0 Å². The summed E-state index contributed by atoms with van der Waals surface area (Å²) in [6, 6.07) is 5.96. The van der Waals surface area contributed by atoms with Crippen LogP contribution in [0.2, 0.25) is 0 Å². The number of hydrogen-bond donors (Lipinski definition) is 1. The van der Waals surface area contributed by atoms with Crippen LogP contribution in [0.25, 0.3) is 0 Å². The Bertz CT molecular complexity index is 547. The van der Waals surface area contributed by atoms with Crippen LogP contribution < -0.4 is 0 Å². The smallest absolute Gasteiger partial charge is 0.307 e. The second-order valence-electron chi connectivity index (χ2n) is 6.04.